The zero-order valence-corrected chi connectivity index (χ0v) is 12.7. The van der Waals surface area contributed by atoms with Crippen LogP contribution in [0.4, 0.5) is 0 Å². The molecular weight excluding hydrogens is 302 g/mol. The third-order valence-corrected chi connectivity index (χ3v) is 3.78. The molecule has 22 heavy (non-hydrogen) atoms. The molecule has 0 aliphatic carbocycles. The molecule has 1 amide bonds. The number of carbonyl (C=O) groups is 1. The molecule has 1 N–H and O–H groups in total. The number of pyridine rings is 1. The minimum absolute atomic E-state index is 0.251. The van der Waals surface area contributed by atoms with Gasteiger partial charge in [-0.05, 0) is 31.2 Å². The summed E-state index contributed by atoms with van der Waals surface area (Å²) in [6, 6.07) is 10.0. The first kappa shape index (κ1) is 14.7. The first-order chi connectivity index (χ1) is 10.5. The highest BCUT2D eigenvalue weighted by atomic mass is 35.5. The average Bonchev–Trinajstić information content (AvgIpc) is 2.84. The summed E-state index contributed by atoms with van der Waals surface area (Å²) in [5, 5.41) is 16.9. The lowest BCUT2D eigenvalue weighted by Gasteiger charge is -2.31. The summed E-state index contributed by atoms with van der Waals surface area (Å²) in [6.07, 6.45) is 3.29. The molecule has 0 bridgehead atoms. The maximum Gasteiger partial charge on any atom is 0.278 e. The Kier molecular flexibility index (Phi) is 3.68. The van der Waals surface area contributed by atoms with Gasteiger partial charge in [0.05, 0.1) is 5.56 Å². The van der Waals surface area contributed by atoms with E-state index in [1.165, 1.54) is 6.20 Å². The van der Waals surface area contributed by atoms with E-state index in [1.807, 2.05) is 0 Å². The normalized spacial score (nSPS) is 20.9. The molecule has 112 valence electrons. The first-order valence-electron chi connectivity index (χ1n) is 6.78. The highest BCUT2D eigenvalue weighted by molar-refractivity contribution is 6.30. The Morgan fingerprint density at radius 3 is 2.68 bits per heavy atom. The van der Waals surface area contributed by atoms with Crippen molar-refractivity contribution in [3.63, 3.8) is 0 Å². The van der Waals surface area contributed by atoms with Gasteiger partial charge in [0.15, 0.2) is 5.72 Å². The molecule has 6 heteroatoms. The van der Waals surface area contributed by atoms with Crippen LogP contribution in [-0.4, -0.2) is 26.7 Å². The predicted molar refractivity (Wildman–Crippen MR) is 83.5 cm³/mol. The van der Waals surface area contributed by atoms with E-state index < -0.39 is 11.6 Å². The molecule has 1 aromatic heterocycles. The van der Waals surface area contributed by atoms with Gasteiger partial charge < -0.3 is 5.11 Å². The van der Waals surface area contributed by atoms with Crippen LogP contribution in [-0.2, 0) is 5.72 Å². The molecule has 0 radical (unpaired) electrons. The van der Waals surface area contributed by atoms with Crippen LogP contribution in [0.2, 0.25) is 5.02 Å². The van der Waals surface area contributed by atoms with Crippen LogP contribution in [0, 0.1) is 0 Å². The lowest BCUT2D eigenvalue weighted by atomic mass is 9.97. The van der Waals surface area contributed by atoms with Crippen LogP contribution in [0.1, 0.15) is 29.3 Å². The quantitative estimate of drug-likeness (QED) is 0.926. The number of halogens is 1. The SMILES string of the molecule is CC1=NN(C(=O)c2cccnc2)[C@@](O)(c2ccc(Cl)cc2)C1. The van der Waals surface area contributed by atoms with E-state index >= 15 is 0 Å². The second kappa shape index (κ2) is 5.51. The van der Waals surface area contributed by atoms with E-state index in [2.05, 4.69) is 10.1 Å². The summed E-state index contributed by atoms with van der Waals surface area (Å²) in [5.74, 6) is -0.401. The summed E-state index contributed by atoms with van der Waals surface area (Å²) < 4.78 is 0. The van der Waals surface area contributed by atoms with Gasteiger partial charge in [-0.15, -0.1) is 0 Å². The maximum atomic E-state index is 12.6. The fourth-order valence-electron chi connectivity index (χ4n) is 2.49. The number of rotatable bonds is 2. The fraction of sp³-hybridized carbons (Fsp3) is 0.188. The lowest BCUT2D eigenvalue weighted by Crippen LogP contribution is -2.43. The molecule has 0 unspecified atom stereocenters. The average molecular weight is 316 g/mol. The van der Waals surface area contributed by atoms with E-state index in [0.717, 1.165) is 5.01 Å². The molecule has 3 rings (SSSR count). The number of amides is 1. The van der Waals surface area contributed by atoms with Crippen molar-refractivity contribution < 1.29 is 9.90 Å². The van der Waals surface area contributed by atoms with Gasteiger partial charge in [0.25, 0.3) is 5.91 Å². The largest absolute Gasteiger partial charge is 0.365 e. The Hall–Kier alpha value is -2.24. The zero-order chi connectivity index (χ0) is 15.7. The molecule has 1 aliphatic rings. The van der Waals surface area contributed by atoms with Crippen molar-refractivity contribution >= 4 is 23.2 Å². The van der Waals surface area contributed by atoms with Gasteiger partial charge in [-0.3, -0.25) is 9.78 Å². The number of aliphatic hydroxyl groups is 1. The van der Waals surface area contributed by atoms with Crippen molar-refractivity contribution in [1.29, 1.82) is 0 Å². The topological polar surface area (TPSA) is 65.8 Å². The Bertz CT molecular complexity index is 731. The van der Waals surface area contributed by atoms with Gasteiger partial charge in [-0.25, -0.2) is 0 Å². The van der Waals surface area contributed by atoms with Crippen LogP contribution in [0.25, 0.3) is 0 Å². The molecule has 1 aliphatic heterocycles. The van der Waals surface area contributed by atoms with Crippen LogP contribution >= 0.6 is 11.6 Å². The highest BCUT2D eigenvalue weighted by Crippen LogP contribution is 2.36. The second-order valence-corrected chi connectivity index (χ2v) is 5.63. The number of hydrogen-bond acceptors (Lipinski definition) is 4. The van der Waals surface area contributed by atoms with E-state index in [9.17, 15) is 9.90 Å². The smallest absolute Gasteiger partial charge is 0.278 e. The third-order valence-electron chi connectivity index (χ3n) is 3.53. The summed E-state index contributed by atoms with van der Waals surface area (Å²) >= 11 is 5.89. The molecule has 2 aromatic rings. The molecule has 0 fully saturated rings. The van der Waals surface area contributed by atoms with Crippen molar-refractivity contribution in [2.45, 2.75) is 19.1 Å². The summed E-state index contributed by atoms with van der Waals surface area (Å²) in [7, 11) is 0. The van der Waals surface area contributed by atoms with E-state index in [4.69, 9.17) is 11.6 Å². The number of hydrazone groups is 1. The number of hydrogen-bond donors (Lipinski definition) is 1. The van der Waals surface area contributed by atoms with Gasteiger partial charge in [0.2, 0.25) is 0 Å². The predicted octanol–water partition coefficient (Wildman–Crippen LogP) is 2.80. The Balaban J connectivity index is 2.01. The summed E-state index contributed by atoms with van der Waals surface area (Å²) in [4.78, 5) is 16.6. The van der Waals surface area contributed by atoms with Crippen molar-refractivity contribution in [1.82, 2.24) is 9.99 Å². The lowest BCUT2D eigenvalue weighted by molar-refractivity contribution is -0.0765. The van der Waals surface area contributed by atoms with E-state index in [0.29, 0.717) is 21.9 Å². The van der Waals surface area contributed by atoms with Gasteiger partial charge in [0.1, 0.15) is 0 Å². The van der Waals surface area contributed by atoms with Crippen LogP contribution in [0.5, 0.6) is 0 Å². The van der Waals surface area contributed by atoms with E-state index in [-0.39, 0.29) is 6.42 Å². The molecular formula is C16H14ClN3O2. The molecule has 0 spiro atoms. The fourth-order valence-corrected chi connectivity index (χ4v) is 2.61. The summed E-state index contributed by atoms with van der Waals surface area (Å²) in [6.45, 7) is 1.78. The third kappa shape index (κ3) is 2.49. The second-order valence-electron chi connectivity index (χ2n) is 5.19. The zero-order valence-electron chi connectivity index (χ0n) is 11.9. The number of nitrogens with zero attached hydrogens (tertiary/aromatic N) is 3. The molecule has 0 saturated carbocycles. The number of benzene rings is 1. The minimum Gasteiger partial charge on any atom is -0.365 e. The minimum atomic E-state index is -1.51. The standard InChI is InChI=1S/C16H14ClN3O2/c1-11-9-16(22,13-4-6-14(17)7-5-13)20(19-11)15(21)12-3-2-8-18-10-12/h2-8,10,22H,9H2,1H3/t16-/m0/s1. The van der Waals surface area contributed by atoms with Gasteiger partial charge in [-0.2, -0.15) is 10.1 Å². The van der Waals surface area contributed by atoms with Crippen LogP contribution in [0.15, 0.2) is 53.9 Å². The highest BCUT2D eigenvalue weighted by Gasteiger charge is 2.45. The number of aromatic nitrogens is 1. The van der Waals surface area contributed by atoms with Crippen molar-refractivity contribution in [2.24, 2.45) is 5.10 Å². The van der Waals surface area contributed by atoms with Gasteiger partial charge >= 0.3 is 0 Å². The summed E-state index contributed by atoms with van der Waals surface area (Å²) in [5.41, 5.74) is 0.0967. The Morgan fingerprint density at radius 2 is 2.05 bits per heavy atom. The molecule has 5 nitrogen and oxygen atoms in total. The van der Waals surface area contributed by atoms with Crippen molar-refractivity contribution in [3.8, 4) is 0 Å². The maximum absolute atomic E-state index is 12.6. The Morgan fingerprint density at radius 1 is 1.32 bits per heavy atom. The monoisotopic (exact) mass is 315 g/mol. The van der Waals surface area contributed by atoms with Crippen LogP contribution in [0.3, 0.4) is 0 Å². The van der Waals surface area contributed by atoms with Crippen LogP contribution < -0.4 is 0 Å². The Labute approximate surface area is 132 Å². The molecule has 1 aromatic carbocycles. The molecule has 1 atom stereocenters. The molecule has 0 saturated heterocycles. The molecule has 2 heterocycles. The van der Waals surface area contributed by atoms with E-state index in [1.54, 1.807) is 49.5 Å². The number of carbonyl (C=O) groups excluding carboxylic acids is 1. The van der Waals surface area contributed by atoms with Gasteiger partial charge in [-0.1, -0.05) is 23.7 Å². The van der Waals surface area contributed by atoms with Crippen molar-refractivity contribution in [3.05, 3.63) is 64.9 Å². The van der Waals surface area contributed by atoms with Crippen molar-refractivity contribution in [2.75, 3.05) is 0 Å². The first-order valence-corrected chi connectivity index (χ1v) is 7.15. The van der Waals surface area contributed by atoms with Gasteiger partial charge in [0, 0.05) is 35.1 Å².